The highest BCUT2D eigenvalue weighted by Gasteiger charge is 2.56. The number of carbonyl (C=O) groups is 1. The molecule has 2 aliphatic heterocycles. The number of fused-ring (bicyclic) bond motifs is 1. The fourth-order valence-corrected chi connectivity index (χ4v) is 14.2. The number of likely N-dealkylation sites (tertiary alicyclic amines) is 1. The van der Waals surface area contributed by atoms with Crippen LogP contribution in [0, 0.1) is 6.92 Å². The van der Waals surface area contributed by atoms with Crippen molar-refractivity contribution < 1.29 is 31.9 Å². The molecule has 3 aliphatic rings. The summed E-state index contributed by atoms with van der Waals surface area (Å²) < 4.78 is 66.4. The first-order chi connectivity index (χ1) is 28.8. The summed E-state index contributed by atoms with van der Waals surface area (Å²) >= 11 is 0. The molecule has 0 N–H and O–H groups in total. The molecular formula is C47H57F3N6O4Si. The molecule has 14 heteroatoms. The summed E-state index contributed by atoms with van der Waals surface area (Å²) in [6.45, 7) is 18.1. The predicted molar refractivity (Wildman–Crippen MR) is 233 cm³/mol. The maximum absolute atomic E-state index is 14.9. The number of halogens is 3. The van der Waals surface area contributed by atoms with Gasteiger partial charge in [-0.3, -0.25) is 9.58 Å². The molecule has 0 radical (unpaired) electrons. The fraction of sp³-hybridized carbons (Fsp3) is 0.489. The van der Waals surface area contributed by atoms with Gasteiger partial charge < -0.3 is 13.9 Å². The van der Waals surface area contributed by atoms with Gasteiger partial charge in [0.05, 0.1) is 59.6 Å². The summed E-state index contributed by atoms with van der Waals surface area (Å²) in [5.74, 6) is -0.388. The molecule has 61 heavy (non-hydrogen) atoms. The highest BCUT2D eigenvalue weighted by Crippen LogP contribution is 2.45. The number of amides is 1. The number of benzene rings is 3. The van der Waals surface area contributed by atoms with E-state index in [1.54, 1.807) is 33.0 Å². The largest absolute Gasteiger partial charge is 0.443 e. The zero-order chi connectivity index (χ0) is 43.5. The van der Waals surface area contributed by atoms with Crippen LogP contribution in [0.1, 0.15) is 103 Å². The number of rotatable bonds is 9. The van der Waals surface area contributed by atoms with E-state index in [4.69, 9.17) is 18.9 Å². The SMILES string of the molecule is Cc1c(N(C(=O)OC(C)(C)C)c2ncc3cc(C(F)(F)F)c(C4CCN(C5(C)COCC5O[Si](c5ccccc5)(c5ccccc5)C(C)(C)C)CC4)cc3n2)cnn1C1CC1. The van der Waals surface area contributed by atoms with Gasteiger partial charge in [0.15, 0.2) is 0 Å². The van der Waals surface area contributed by atoms with Gasteiger partial charge in [-0.15, -0.1) is 0 Å². The van der Waals surface area contributed by atoms with Gasteiger partial charge in [0.2, 0.25) is 5.95 Å². The molecule has 2 aromatic heterocycles. The van der Waals surface area contributed by atoms with Crippen molar-refractivity contribution in [2.24, 2.45) is 0 Å². The Morgan fingerprint density at radius 3 is 2.08 bits per heavy atom. The quantitative estimate of drug-likeness (QED) is 0.136. The standard InChI is InChI=1S/C47H57F3N6O4Si/c1-31-40(28-52-56(31)34-19-20-34)55(43(57)59-44(2,3)4)42-51-27-33-25-38(47(48,49)50)37(26-39(33)53-42)32-21-23-54(24-22-32)46(8)30-58-29-41(46)60-61(45(5,6)7,35-15-11-9-12-16-35)36-17-13-10-14-18-36/h9-18,25-28,32,34,41H,19-24,29-30H2,1-8H3. The lowest BCUT2D eigenvalue weighted by atomic mass is 9.83. The van der Waals surface area contributed by atoms with Crippen molar-refractivity contribution in [3.63, 3.8) is 0 Å². The van der Waals surface area contributed by atoms with Crippen molar-refractivity contribution in [1.29, 1.82) is 0 Å². The van der Waals surface area contributed by atoms with Gasteiger partial charge in [-0.05, 0) is 112 Å². The second-order valence-electron chi connectivity index (χ2n) is 19.2. The van der Waals surface area contributed by atoms with E-state index in [1.165, 1.54) is 21.5 Å². The van der Waals surface area contributed by atoms with Crippen LogP contribution in [0.25, 0.3) is 10.9 Å². The summed E-state index contributed by atoms with van der Waals surface area (Å²) in [5.41, 5.74) is -0.314. The molecule has 5 aromatic rings. The van der Waals surface area contributed by atoms with E-state index in [0.717, 1.165) is 24.6 Å². The van der Waals surface area contributed by atoms with Gasteiger partial charge in [-0.2, -0.15) is 18.3 Å². The molecule has 1 aliphatic carbocycles. The summed E-state index contributed by atoms with van der Waals surface area (Å²) in [6.07, 6.45) is 0.352. The Labute approximate surface area is 357 Å². The lowest BCUT2D eigenvalue weighted by Gasteiger charge is -2.50. The minimum absolute atomic E-state index is 0.00168. The van der Waals surface area contributed by atoms with Crippen LogP contribution >= 0.6 is 0 Å². The number of ether oxygens (including phenoxy) is 2. The molecule has 1 amide bonds. The number of anilines is 2. The molecule has 2 unspecified atom stereocenters. The molecule has 324 valence electrons. The predicted octanol–water partition coefficient (Wildman–Crippen LogP) is 9.48. The summed E-state index contributed by atoms with van der Waals surface area (Å²) in [7, 11) is -2.93. The highest BCUT2D eigenvalue weighted by atomic mass is 28.4. The van der Waals surface area contributed by atoms with Gasteiger partial charge >= 0.3 is 12.3 Å². The van der Waals surface area contributed by atoms with Crippen molar-refractivity contribution in [3.05, 3.63) is 102 Å². The second-order valence-corrected chi connectivity index (χ2v) is 23.4. The Morgan fingerprint density at radius 1 is 0.902 bits per heavy atom. The maximum Gasteiger partial charge on any atom is 0.422 e. The van der Waals surface area contributed by atoms with Crippen LogP contribution in [-0.2, 0) is 20.1 Å². The van der Waals surface area contributed by atoms with Crippen molar-refractivity contribution in [1.82, 2.24) is 24.6 Å². The molecule has 2 atom stereocenters. The van der Waals surface area contributed by atoms with E-state index < -0.39 is 43.2 Å². The number of hydrogen-bond donors (Lipinski definition) is 0. The number of hydrogen-bond acceptors (Lipinski definition) is 8. The van der Waals surface area contributed by atoms with E-state index in [-0.39, 0.29) is 34.1 Å². The molecule has 0 spiro atoms. The van der Waals surface area contributed by atoms with E-state index in [0.29, 0.717) is 50.3 Å². The summed E-state index contributed by atoms with van der Waals surface area (Å²) in [5, 5.41) is 6.91. The lowest BCUT2D eigenvalue weighted by molar-refractivity contribution is -0.138. The van der Waals surface area contributed by atoms with Crippen molar-refractivity contribution in [2.75, 3.05) is 31.2 Å². The number of nitrogens with zero attached hydrogens (tertiary/aromatic N) is 6. The van der Waals surface area contributed by atoms with Crippen LogP contribution < -0.4 is 15.3 Å². The normalized spacial score (nSPS) is 20.9. The number of carbonyl (C=O) groups excluding carboxylic acids is 1. The molecule has 8 rings (SSSR count). The van der Waals surface area contributed by atoms with E-state index in [1.807, 2.05) is 23.7 Å². The van der Waals surface area contributed by atoms with Gasteiger partial charge in [-0.25, -0.2) is 19.7 Å². The van der Waals surface area contributed by atoms with Crippen LogP contribution in [-0.4, -0.2) is 82.6 Å². The third kappa shape index (κ3) is 8.24. The van der Waals surface area contributed by atoms with Crippen molar-refractivity contribution in [3.8, 4) is 0 Å². The Bertz CT molecular complexity index is 2330. The topological polar surface area (TPSA) is 94.8 Å². The van der Waals surface area contributed by atoms with E-state index >= 15 is 0 Å². The second kappa shape index (κ2) is 15.9. The zero-order valence-electron chi connectivity index (χ0n) is 36.4. The molecular weight excluding hydrogens is 798 g/mol. The van der Waals surface area contributed by atoms with Crippen molar-refractivity contribution >= 4 is 47.3 Å². The van der Waals surface area contributed by atoms with E-state index in [9.17, 15) is 18.0 Å². The van der Waals surface area contributed by atoms with Gasteiger partial charge in [-0.1, -0.05) is 81.4 Å². The average Bonchev–Trinajstić information content (AvgIpc) is 3.89. The summed E-state index contributed by atoms with van der Waals surface area (Å²) in [4.78, 5) is 26.7. The number of piperidine rings is 1. The van der Waals surface area contributed by atoms with E-state index in [2.05, 4.69) is 91.2 Å². The molecule has 3 aromatic carbocycles. The van der Waals surface area contributed by atoms with Crippen LogP contribution in [0.15, 0.2) is 85.2 Å². The van der Waals surface area contributed by atoms with Gasteiger partial charge in [0, 0.05) is 11.6 Å². The highest BCUT2D eigenvalue weighted by molar-refractivity contribution is 6.99. The Hall–Kier alpha value is -4.63. The molecule has 4 heterocycles. The smallest absolute Gasteiger partial charge is 0.422 e. The summed E-state index contributed by atoms with van der Waals surface area (Å²) in [6, 6.07) is 24.0. The fourth-order valence-electron chi connectivity index (χ4n) is 9.40. The molecule has 3 fully saturated rings. The lowest BCUT2D eigenvalue weighted by Crippen LogP contribution is -2.70. The monoisotopic (exact) mass is 854 g/mol. The number of aromatic nitrogens is 4. The number of alkyl halides is 3. The molecule has 10 nitrogen and oxygen atoms in total. The zero-order valence-corrected chi connectivity index (χ0v) is 37.4. The minimum Gasteiger partial charge on any atom is -0.443 e. The van der Waals surface area contributed by atoms with Crippen LogP contribution in [0.4, 0.5) is 29.6 Å². The van der Waals surface area contributed by atoms with Crippen LogP contribution in [0.2, 0.25) is 5.04 Å². The first kappa shape index (κ1) is 43.0. The van der Waals surface area contributed by atoms with Crippen molar-refractivity contribution in [2.45, 2.75) is 121 Å². The Balaban J connectivity index is 1.10. The Morgan fingerprint density at radius 2 is 1.52 bits per heavy atom. The maximum atomic E-state index is 14.9. The molecule has 2 saturated heterocycles. The first-order valence-electron chi connectivity index (χ1n) is 21.4. The Kier molecular flexibility index (Phi) is 11.2. The minimum atomic E-state index is -4.60. The average molecular weight is 855 g/mol. The third-order valence-electron chi connectivity index (χ3n) is 12.7. The van der Waals surface area contributed by atoms with Crippen LogP contribution in [0.3, 0.4) is 0 Å². The molecule has 1 saturated carbocycles. The third-order valence-corrected chi connectivity index (χ3v) is 17.8. The molecule has 0 bridgehead atoms. The van der Waals surface area contributed by atoms with Crippen LogP contribution in [0.5, 0.6) is 0 Å². The van der Waals surface area contributed by atoms with Gasteiger partial charge in [0.25, 0.3) is 8.32 Å². The van der Waals surface area contributed by atoms with Gasteiger partial charge in [0.1, 0.15) is 5.60 Å². The first-order valence-corrected chi connectivity index (χ1v) is 23.3.